The second-order valence-corrected chi connectivity index (χ2v) is 7.90. The van der Waals surface area contributed by atoms with Gasteiger partial charge in [0.25, 0.3) is 0 Å². The van der Waals surface area contributed by atoms with Gasteiger partial charge in [0.2, 0.25) is 0 Å². The number of methoxy groups -OCH3 is 1. The molecular formula is C23H23BrClNO2. The van der Waals surface area contributed by atoms with Crippen molar-refractivity contribution in [3.63, 3.8) is 0 Å². The number of benzene rings is 3. The maximum absolute atomic E-state index is 5.99. The summed E-state index contributed by atoms with van der Waals surface area (Å²) in [5.74, 6) is 1.40. The van der Waals surface area contributed by atoms with Gasteiger partial charge in [-0.1, -0.05) is 53.6 Å². The number of halogens is 2. The molecule has 0 bridgehead atoms. The van der Waals surface area contributed by atoms with E-state index in [9.17, 15) is 0 Å². The predicted octanol–water partition coefficient (Wildman–Crippen LogP) is 6.29. The fourth-order valence-electron chi connectivity index (χ4n) is 2.81. The van der Waals surface area contributed by atoms with Crippen molar-refractivity contribution in [2.24, 2.45) is 0 Å². The molecule has 0 aliphatic carbocycles. The van der Waals surface area contributed by atoms with Crippen molar-refractivity contribution < 1.29 is 9.47 Å². The van der Waals surface area contributed by atoms with Gasteiger partial charge in [0, 0.05) is 18.1 Å². The minimum Gasteiger partial charge on any atom is -0.493 e. The zero-order valence-electron chi connectivity index (χ0n) is 16.0. The van der Waals surface area contributed by atoms with Crippen LogP contribution in [0.25, 0.3) is 0 Å². The fraction of sp³-hybridized carbons (Fsp3) is 0.217. The first-order valence-electron chi connectivity index (χ1n) is 9.05. The van der Waals surface area contributed by atoms with Gasteiger partial charge in [-0.05, 0) is 63.8 Å². The van der Waals surface area contributed by atoms with Crippen LogP contribution >= 0.6 is 27.5 Å². The standard InChI is InChI=1S/C23H23BrClNO2/c1-16-3-5-17(6-4-16)13-26-14-19-11-21(24)23(22(12-19)27-2)28-15-18-7-9-20(25)10-8-18/h3-12,26H,13-15H2,1-2H3. The van der Waals surface area contributed by atoms with Gasteiger partial charge in [-0.25, -0.2) is 0 Å². The average molecular weight is 461 g/mol. The molecule has 3 nitrogen and oxygen atoms in total. The van der Waals surface area contributed by atoms with Gasteiger partial charge in [-0.2, -0.15) is 0 Å². The van der Waals surface area contributed by atoms with Crippen molar-refractivity contribution >= 4 is 27.5 Å². The molecule has 3 rings (SSSR count). The van der Waals surface area contributed by atoms with E-state index in [0.717, 1.165) is 28.7 Å². The molecule has 0 saturated heterocycles. The molecule has 0 amide bonds. The summed E-state index contributed by atoms with van der Waals surface area (Å²) >= 11 is 9.55. The molecule has 28 heavy (non-hydrogen) atoms. The van der Waals surface area contributed by atoms with E-state index >= 15 is 0 Å². The maximum Gasteiger partial charge on any atom is 0.175 e. The molecule has 0 aliphatic heterocycles. The molecule has 1 N–H and O–H groups in total. The fourth-order valence-corrected chi connectivity index (χ4v) is 3.54. The molecule has 3 aromatic rings. The first-order valence-corrected chi connectivity index (χ1v) is 10.2. The van der Waals surface area contributed by atoms with E-state index in [-0.39, 0.29) is 0 Å². The summed E-state index contributed by atoms with van der Waals surface area (Å²) in [6.45, 7) is 4.09. The second-order valence-electron chi connectivity index (χ2n) is 6.61. The highest BCUT2D eigenvalue weighted by Crippen LogP contribution is 2.37. The molecule has 0 radical (unpaired) electrons. The molecule has 0 unspecified atom stereocenters. The van der Waals surface area contributed by atoms with Crippen LogP contribution in [0.5, 0.6) is 11.5 Å². The van der Waals surface area contributed by atoms with E-state index < -0.39 is 0 Å². The van der Waals surface area contributed by atoms with Crippen LogP contribution in [0.3, 0.4) is 0 Å². The third-order valence-corrected chi connectivity index (χ3v) is 5.21. The molecule has 0 aromatic heterocycles. The van der Waals surface area contributed by atoms with Crippen molar-refractivity contribution in [1.29, 1.82) is 0 Å². The van der Waals surface area contributed by atoms with E-state index in [1.165, 1.54) is 11.1 Å². The predicted molar refractivity (Wildman–Crippen MR) is 118 cm³/mol. The topological polar surface area (TPSA) is 30.5 Å². The van der Waals surface area contributed by atoms with Crippen molar-refractivity contribution in [2.45, 2.75) is 26.6 Å². The third-order valence-electron chi connectivity index (χ3n) is 4.36. The molecule has 5 heteroatoms. The Balaban J connectivity index is 1.63. The van der Waals surface area contributed by atoms with Gasteiger partial charge in [-0.15, -0.1) is 0 Å². The van der Waals surface area contributed by atoms with E-state index in [2.05, 4.69) is 58.5 Å². The SMILES string of the molecule is COc1cc(CNCc2ccc(C)cc2)cc(Br)c1OCc1ccc(Cl)cc1. The zero-order chi connectivity index (χ0) is 19.9. The highest BCUT2D eigenvalue weighted by atomic mass is 79.9. The summed E-state index contributed by atoms with van der Waals surface area (Å²) < 4.78 is 12.4. The molecular weight excluding hydrogens is 438 g/mol. The number of ether oxygens (including phenoxy) is 2. The second kappa shape index (κ2) is 9.97. The quantitative estimate of drug-likeness (QED) is 0.428. The first-order chi connectivity index (χ1) is 13.5. The third kappa shape index (κ3) is 5.74. The lowest BCUT2D eigenvalue weighted by molar-refractivity contribution is 0.282. The van der Waals surface area contributed by atoms with Gasteiger partial charge < -0.3 is 14.8 Å². The first kappa shape index (κ1) is 20.7. The number of hydrogen-bond acceptors (Lipinski definition) is 3. The lowest BCUT2D eigenvalue weighted by Crippen LogP contribution is -2.13. The van der Waals surface area contributed by atoms with E-state index in [1.54, 1.807) is 7.11 Å². The monoisotopic (exact) mass is 459 g/mol. The van der Waals surface area contributed by atoms with Gasteiger partial charge in [0.1, 0.15) is 6.61 Å². The van der Waals surface area contributed by atoms with Gasteiger partial charge in [0.15, 0.2) is 11.5 Å². The lowest BCUT2D eigenvalue weighted by Gasteiger charge is -2.15. The summed E-state index contributed by atoms with van der Waals surface area (Å²) in [7, 11) is 1.65. The Morgan fingerprint density at radius 2 is 1.54 bits per heavy atom. The Bertz CT molecular complexity index is 911. The van der Waals surface area contributed by atoms with Gasteiger partial charge >= 0.3 is 0 Å². The summed E-state index contributed by atoms with van der Waals surface area (Å²) in [6.07, 6.45) is 0. The molecule has 0 spiro atoms. The highest BCUT2D eigenvalue weighted by Gasteiger charge is 2.12. The summed E-state index contributed by atoms with van der Waals surface area (Å²) in [5, 5.41) is 4.18. The minimum absolute atomic E-state index is 0.442. The maximum atomic E-state index is 5.99. The summed E-state index contributed by atoms with van der Waals surface area (Å²) in [5.41, 5.74) is 4.70. The highest BCUT2D eigenvalue weighted by molar-refractivity contribution is 9.10. The van der Waals surface area contributed by atoms with Crippen LogP contribution in [-0.2, 0) is 19.7 Å². The van der Waals surface area contributed by atoms with Crippen LogP contribution in [0.15, 0.2) is 65.1 Å². The number of hydrogen-bond donors (Lipinski definition) is 1. The van der Waals surface area contributed by atoms with Gasteiger partial charge in [0.05, 0.1) is 11.6 Å². The number of aryl methyl sites for hydroxylation is 1. The van der Waals surface area contributed by atoms with Crippen molar-refractivity contribution in [1.82, 2.24) is 5.32 Å². The number of rotatable bonds is 8. The molecule has 0 fully saturated rings. The van der Waals surface area contributed by atoms with Crippen molar-refractivity contribution in [3.8, 4) is 11.5 Å². The van der Waals surface area contributed by atoms with E-state index in [4.69, 9.17) is 21.1 Å². The normalized spacial score (nSPS) is 10.7. The average Bonchev–Trinajstić information content (AvgIpc) is 2.69. The Labute approximate surface area is 179 Å². The lowest BCUT2D eigenvalue weighted by atomic mass is 10.1. The summed E-state index contributed by atoms with van der Waals surface area (Å²) in [4.78, 5) is 0. The molecule has 3 aromatic carbocycles. The molecule has 0 heterocycles. The molecule has 0 aliphatic rings. The van der Waals surface area contributed by atoms with E-state index in [1.807, 2.05) is 30.3 Å². The number of nitrogens with one attached hydrogen (secondary N) is 1. The van der Waals surface area contributed by atoms with Crippen LogP contribution < -0.4 is 14.8 Å². The van der Waals surface area contributed by atoms with E-state index in [0.29, 0.717) is 23.1 Å². The smallest absolute Gasteiger partial charge is 0.175 e. The Kier molecular flexibility index (Phi) is 7.37. The van der Waals surface area contributed by atoms with Crippen LogP contribution in [0.1, 0.15) is 22.3 Å². The van der Waals surface area contributed by atoms with Crippen LogP contribution in [0.4, 0.5) is 0 Å². The van der Waals surface area contributed by atoms with Crippen LogP contribution in [-0.4, -0.2) is 7.11 Å². The largest absolute Gasteiger partial charge is 0.493 e. The van der Waals surface area contributed by atoms with Crippen LogP contribution in [0.2, 0.25) is 5.02 Å². The van der Waals surface area contributed by atoms with Crippen molar-refractivity contribution in [2.75, 3.05) is 7.11 Å². The zero-order valence-corrected chi connectivity index (χ0v) is 18.3. The van der Waals surface area contributed by atoms with Crippen LogP contribution in [0, 0.1) is 6.92 Å². The Morgan fingerprint density at radius 3 is 2.21 bits per heavy atom. The molecule has 0 saturated carbocycles. The Morgan fingerprint density at radius 1 is 0.893 bits per heavy atom. The Hall–Kier alpha value is -2.01. The molecule has 146 valence electrons. The minimum atomic E-state index is 0.442. The van der Waals surface area contributed by atoms with Crippen molar-refractivity contribution in [3.05, 3.63) is 92.4 Å². The summed E-state index contributed by atoms with van der Waals surface area (Å²) in [6, 6.07) is 20.2. The van der Waals surface area contributed by atoms with Gasteiger partial charge in [-0.3, -0.25) is 0 Å². The molecule has 0 atom stereocenters.